The van der Waals surface area contributed by atoms with E-state index < -0.39 is 0 Å². The minimum absolute atomic E-state index is 0.864. The molecule has 0 bridgehead atoms. The fraction of sp³-hybridized carbons (Fsp3) is 0.0435. The number of hydrogen-bond acceptors (Lipinski definition) is 2. The Bertz CT molecular complexity index is 2700. The molecule has 2 aromatic heterocycles. The maximum absolute atomic E-state index is 6.49. The van der Waals surface area contributed by atoms with Crippen LogP contribution in [0.15, 0.2) is 164 Å². The Kier molecular flexibility index (Phi) is 6.27. The second-order valence-corrected chi connectivity index (χ2v) is 13.2. The van der Waals surface area contributed by atoms with Gasteiger partial charge in [-0.1, -0.05) is 91.0 Å². The summed E-state index contributed by atoms with van der Waals surface area (Å²) in [5.41, 5.74) is 13.6. The van der Waals surface area contributed by atoms with Crippen LogP contribution in [0.2, 0.25) is 0 Å². The Morgan fingerprint density at radius 2 is 1.04 bits per heavy atom. The normalized spacial score (nSPS) is 12.3. The topological polar surface area (TPSA) is 22.3 Å². The molecule has 0 atom stereocenters. The molecule has 0 aliphatic carbocycles. The second-order valence-electron chi connectivity index (χ2n) is 13.2. The Balaban J connectivity index is 1.26. The number of benzene rings is 7. The molecule has 4 heteroatoms. The van der Waals surface area contributed by atoms with E-state index in [-0.39, 0.29) is 0 Å². The van der Waals surface area contributed by atoms with Crippen molar-refractivity contribution < 1.29 is 4.74 Å². The number of anilines is 3. The molecule has 0 radical (unpaired) electrons. The monoisotopic (exact) mass is 643 g/mol. The minimum Gasteiger partial charge on any atom is -0.453 e. The lowest BCUT2D eigenvalue weighted by molar-refractivity contribution is 0.476. The van der Waals surface area contributed by atoms with Crippen molar-refractivity contribution in [3.05, 3.63) is 175 Å². The summed E-state index contributed by atoms with van der Waals surface area (Å²) in [5, 5.41) is 3.67. The number of nitrogens with zero attached hydrogens (tertiary/aromatic N) is 3. The first kappa shape index (κ1) is 28.5. The summed E-state index contributed by atoms with van der Waals surface area (Å²) in [6.07, 6.45) is 0. The van der Waals surface area contributed by atoms with Gasteiger partial charge in [0.2, 0.25) is 0 Å². The average molecular weight is 644 g/mol. The fourth-order valence-electron chi connectivity index (χ4n) is 7.76. The summed E-state index contributed by atoms with van der Waals surface area (Å²) in [6, 6.07) is 58.9. The molecule has 0 spiro atoms. The molecular formula is C46H33N3O. The molecule has 0 amide bonds. The van der Waals surface area contributed by atoms with Crippen LogP contribution >= 0.6 is 0 Å². The molecule has 0 fully saturated rings. The van der Waals surface area contributed by atoms with E-state index in [1.165, 1.54) is 49.4 Å². The quantitative estimate of drug-likeness (QED) is 0.190. The number of ether oxygens (including phenoxy) is 1. The standard InChI is InChI=1S/C46H33N3O/c1-30-20-23-41-44(26-30)50-45-27-31(2)21-24-42(45)48(41)34-16-11-17-35(28-34)49-39-19-10-9-18-36(39)37-22-25-40-38(46(37)49)29-43(32-12-5-3-6-13-32)47(40)33-14-7-4-8-15-33/h3-29H,1-2H3. The number of hydrogen-bond donors (Lipinski definition) is 0. The first-order chi connectivity index (χ1) is 24.6. The maximum Gasteiger partial charge on any atom is 0.151 e. The van der Waals surface area contributed by atoms with Crippen LogP contribution in [0.3, 0.4) is 0 Å². The first-order valence-corrected chi connectivity index (χ1v) is 17.1. The molecule has 9 aromatic rings. The van der Waals surface area contributed by atoms with E-state index in [0.717, 1.165) is 45.6 Å². The summed E-state index contributed by atoms with van der Waals surface area (Å²) in [4.78, 5) is 2.33. The molecule has 4 nitrogen and oxygen atoms in total. The van der Waals surface area contributed by atoms with Gasteiger partial charge in [0.05, 0.1) is 33.6 Å². The van der Waals surface area contributed by atoms with Gasteiger partial charge in [-0.25, -0.2) is 0 Å². The Morgan fingerprint density at radius 1 is 0.420 bits per heavy atom. The Morgan fingerprint density at radius 3 is 1.78 bits per heavy atom. The van der Waals surface area contributed by atoms with Crippen molar-refractivity contribution in [3.63, 3.8) is 0 Å². The third-order valence-electron chi connectivity index (χ3n) is 9.98. The fourth-order valence-corrected chi connectivity index (χ4v) is 7.76. The van der Waals surface area contributed by atoms with Gasteiger partial charge < -0.3 is 18.8 Å². The number of para-hydroxylation sites is 2. The van der Waals surface area contributed by atoms with Crippen molar-refractivity contribution in [2.75, 3.05) is 4.90 Å². The van der Waals surface area contributed by atoms with Gasteiger partial charge in [0, 0.05) is 33.2 Å². The minimum atomic E-state index is 0.864. The summed E-state index contributed by atoms with van der Waals surface area (Å²) in [7, 11) is 0. The van der Waals surface area contributed by atoms with Crippen molar-refractivity contribution in [2.24, 2.45) is 0 Å². The van der Waals surface area contributed by atoms with Gasteiger partial charge in [0.15, 0.2) is 11.5 Å². The van der Waals surface area contributed by atoms with Gasteiger partial charge in [-0.05, 0) is 103 Å². The lowest BCUT2D eigenvalue weighted by Gasteiger charge is -2.33. The molecule has 1 aliphatic rings. The summed E-state index contributed by atoms with van der Waals surface area (Å²) in [6.45, 7) is 4.22. The van der Waals surface area contributed by atoms with Gasteiger partial charge in [-0.2, -0.15) is 0 Å². The Labute approximate surface area is 290 Å². The SMILES string of the molecule is Cc1ccc2c(c1)Oc1cc(C)ccc1N2c1cccc(-n2c3ccccc3c3ccc4c(cc(-c5ccccc5)n4-c4ccccc4)c32)c1. The number of aromatic nitrogens is 2. The predicted octanol–water partition coefficient (Wildman–Crippen LogP) is 12.6. The van der Waals surface area contributed by atoms with Crippen LogP contribution in [-0.2, 0) is 0 Å². The number of fused-ring (bicyclic) bond motifs is 7. The molecule has 0 N–H and O–H groups in total. The van der Waals surface area contributed by atoms with Gasteiger partial charge in [0.25, 0.3) is 0 Å². The highest BCUT2D eigenvalue weighted by Crippen LogP contribution is 2.51. The van der Waals surface area contributed by atoms with Crippen molar-refractivity contribution in [1.82, 2.24) is 9.13 Å². The second kappa shape index (κ2) is 11.0. The molecular weight excluding hydrogens is 611 g/mol. The van der Waals surface area contributed by atoms with E-state index >= 15 is 0 Å². The highest BCUT2D eigenvalue weighted by molar-refractivity contribution is 6.19. The van der Waals surface area contributed by atoms with Crippen LogP contribution in [0.5, 0.6) is 11.5 Å². The first-order valence-electron chi connectivity index (χ1n) is 17.1. The van der Waals surface area contributed by atoms with E-state index in [4.69, 9.17) is 4.74 Å². The largest absolute Gasteiger partial charge is 0.453 e. The van der Waals surface area contributed by atoms with E-state index in [1.807, 2.05) is 0 Å². The van der Waals surface area contributed by atoms with Crippen LogP contribution in [0.4, 0.5) is 17.1 Å². The van der Waals surface area contributed by atoms with Crippen LogP contribution in [0.25, 0.3) is 55.3 Å². The van der Waals surface area contributed by atoms with Gasteiger partial charge in [-0.3, -0.25) is 0 Å². The molecule has 10 rings (SSSR count). The van der Waals surface area contributed by atoms with Crippen LogP contribution in [-0.4, -0.2) is 9.13 Å². The van der Waals surface area contributed by atoms with Crippen LogP contribution < -0.4 is 9.64 Å². The smallest absolute Gasteiger partial charge is 0.151 e. The van der Waals surface area contributed by atoms with E-state index in [1.54, 1.807) is 0 Å². The van der Waals surface area contributed by atoms with Gasteiger partial charge in [-0.15, -0.1) is 0 Å². The molecule has 1 aliphatic heterocycles. The van der Waals surface area contributed by atoms with Crippen molar-refractivity contribution in [3.8, 4) is 34.1 Å². The maximum atomic E-state index is 6.49. The zero-order valence-corrected chi connectivity index (χ0v) is 27.8. The van der Waals surface area contributed by atoms with Gasteiger partial charge >= 0.3 is 0 Å². The third-order valence-corrected chi connectivity index (χ3v) is 9.98. The van der Waals surface area contributed by atoms with E-state index in [0.29, 0.717) is 0 Å². The molecule has 0 saturated carbocycles. The summed E-state index contributed by atoms with van der Waals surface area (Å²) in [5.74, 6) is 1.73. The average Bonchev–Trinajstić information content (AvgIpc) is 3.71. The molecule has 238 valence electrons. The third kappa shape index (κ3) is 4.32. The van der Waals surface area contributed by atoms with E-state index in [9.17, 15) is 0 Å². The van der Waals surface area contributed by atoms with Gasteiger partial charge in [0.1, 0.15) is 0 Å². The summed E-state index contributed by atoms with van der Waals surface area (Å²) >= 11 is 0. The van der Waals surface area contributed by atoms with E-state index in [2.05, 4.69) is 192 Å². The number of aryl methyl sites for hydroxylation is 2. The molecule has 0 saturated heterocycles. The van der Waals surface area contributed by atoms with Crippen molar-refractivity contribution in [2.45, 2.75) is 13.8 Å². The molecule has 7 aromatic carbocycles. The highest BCUT2D eigenvalue weighted by atomic mass is 16.5. The Hall–Kier alpha value is -6.52. The zero-order chi connectivity index (χ0) is 33.3. The van der Waals surface area contributed by atoms with Crippen LogP contribution in [0.1, 0.15) is 11.1 Å². The lowest BCUT2D eigenvalue weighted by Crippen LogP contribution is -2.16. The van der Waals surface area contributed by atoms with Crippen molar-refractivity contribution in [1.29, 1.82) is 0 Å². The number of rotatable bonds is 4. The molecule has 50 heavy (non-hydrogen) atoms. The van der Waals surface area contributed by atoms with Crippen LogP contribution in [0, 0.1) is 13.8 Å². The highest BCUT2D eigenvalue weighted by Gasteiger charge is 2.27. The molecule has 3 heterocycles. The molecule has 0 unspecified atom stereocenters. The lowest BCUT2D eigenvalue weighted by atomic mass is 10.1. The zero-order valence-electron chi connectivity index (χ0n) is 27.8. The summed E-state index contributed by atoms with van der Waals surface area (Å²) < 4.78 is 11.3. The predicted molar refractivity (Wildman–Crippen MR) is 207 cm³/mol. The van der Waals surface area contributed by atoms with Crippen molar-refractivity contribution >= 4 is 49.8 Å².